The van der Waals surface area contributed by atoms with E-state index in [9.17, 15) is 5.26 Å². The fourth-order valence-electron chi connectivity index (χ4n) is 6.30. The lowest BCUT2D eigenvalue weighted by Gasteiger charge is -2.19. The number of likely N-dealkylation sites (tertiary alicyclic amines) is 1. The zero-order chi connectivity index (χ0) is 34.4. The van der Waals surface area contributed by atoms with Gasteiger partial charge < -0.3 is 24.4 Å². The molecule has 4 aromatic rings. The topological polar surface area (TPSA) is 79.6 Å². The van der Waals surface area contributed by atoms with Crippen LogP contribution in [0.25, 0.3) is 11.1 Å². The first-order valence-corrected chi connectivity index (χ1v) is 18.0. The van der Waals surface area contributed by atoms with Crippen LogP contribution in [0.5, 0.6) is 17.2 Å². The Hall–Kier alpha value is -4.09. The number of hydrogen-bond donors (Lipinski definition) is 1. The quantitative estimate of drug-likeness (QED) is 0.105. The first-order valence-electron chi connectivity index (χ1n) is 17.6. The average Bonchev–Trinajstić information content (AvgIpc) is 3.64. The number of nitriles is 1. The predicted octanol–water partition coefficient (Wildman–Crippen LogP) is 9.19. The van der Waals surface area contributed by atoms with Gasteiger partial charge in [-0.3, -0.25) is 4.98 Å². The van der Waals surface area contributed by atoms with E-state index in [4.69, 9.17) is 25.8 Å². The first-order chi connectivity index (χ1) is 24.0. The number of nitrogens with one attached hydrogen (secondary N) is 1. The lowest BCUT2D eigenvalue weighted by molar-refractivity contribution is 0.262. The van der Waals surface area contributed by atoms with E-state index in [0.29, 0.717) is 35.2 Å². The fraction of sp³-hybridized carbons (Fsp3) is 0.415. The highest BCUT2D eigenvalue weighted by molar-refractivity contribution is 6.32. The van der Waals surface area contributed by atoms with Crippen molar-refractivity contribution in [3.8, 4) is 34.4 Å². The number of pyridine rings is 1. The molecule has 0 saturated carbocycles. The Morgan fingerprint density at radius 2 is 1.61 bits per heavy atom. The highest BCUT2D eigenvalue weighted by atomic mass is 35.5. The Morgan fingerprint density at radius 3 is 2.41 bits per heavy atom. The average molecular weight is 681 g/mol. The Bertz CT molecular complexity index is 1710. The second-order valence-corrected chi connectivity index (χ2v) is 13.2. The summed E-state index contributed by atoms with van der Waals surface area (Å²) in [7, 11) is 0. The van der Waals surface area contributed by atoms with Crippen molar-refractivity contribution in [3.63, 3.8) is 0 Å². The van der Waals surface area contributed by atoms with Gasteiger partial charge >= 0.3 is 0 Å². The van der Waals surface area contributed by atoms with Gasteiger partial charge in [0.05, 0.1) is 17.2 Å². The highest BCUT2D eigenvalue weighted by Gasteiger charge is 2.16. The van der Waals surface area contributed by atoms with Crippen LogP contribution in [0.1, 0.15) is 78.8 Å². The molecule has 0 atom stereocenters. The number of unbranched alkanes of at least 4 members (excludes halogenated alkanes) is 2. The summed E-state index contributed by atoms with van der Waals surface area (Å²) in [4.78, 5) is 6.70. The zero-order valence-electron chi connectivity index (χ0n) is 29.2. The molecule has 3 aromatic carbocycles. The maximum Gasteiger partial charge on any atom is 0.142 e. The Balaban J connectivity index is 1.29. The molecule has 2 heterocycles. The van der Waals surface area contributed by atoms with Gasteiger partial charge in [0.1, 0.15) is 36.5 Å². The molecular formula is C41H49ClN4O3. The summed E-state index contributed by atoms with van der Waals surface area (Å²) in [6.45, 7) is 12.9. The van der Waals surface area contributed by atoms with Gasteiger partial charge in [0.15, 0.2) is 0 Å². The van der Waals surface area contributed by atoms with Gasteiger partial charge in [-0.2, -0.15) is 5.26 Å². The number of aromatic nitrogens is 1. The molecule has 0 bridgehead atoms. The number of halogens is 1. The smallest absolute Gasteiger partial charge is 0.142 e. The highest BCUT2D eigenvalue weighted by Crippen LogP contribution is 2.36. The number of ether oxygens (including phenoxy) is 3. The van der Waals surface area contributed by atoms with Crippen LogP contribution in [0.2, 0.25) is 5.02 Å². The monoisotopic (exact) mass is 680 g/mol. The van der Waals surface area contributed by atoms with Gasteiger partial charge in [-0.05, 0) is 105 Å². The molecule has 258 valence electrons. The van der Waals surface area contributed by atoms with Crippen molar-refractivity contribution in [1.82, 2.24) is 15.2 Å². The van der Waals surface area contributed by atoms with E-state index >= 15 is 0 Å². The van der Waals surface area contributed by atoms with Gasteiger partial charge in [-0.1, -0.05) is 61.7 Å². The summed E-state index contributed by atoms with van der Waals surface area (Å²) in [5.74, 6) is 2.18. The van der Waals surface area contributed by atoms with Gasteiger partial charge in [0.2, 0.25) is 0 Å². The fourth-order valence-corrected chi connectivity index (χ4v) is 6.54. The van der Waals surface area contributed by atoms with Gasteiger partial charge in [0.25, 0.3) is 0 Å². The summed E-state index contributed by atoms with van der Waals surface area (Å²) in [5.41, 5.74) is 7.96. The molecule has 5 rings (SSSR count). The summed E-state index contributed by atoms with van der Waals surface area (Å²) in [5, 5.41) is 13.3. The van der Waals surface area contributed by atoms with Crippen molar-refractivity contribution >= 4 is 11.6 Å². The van der Waals surface area contributed by atoms with Crippen molar-refractivity contribution in [3.05, 3.63) is 105 Å². The Kier molecular flexibility index (Phi) is 13.7. The van der Waals surface area contributed by atoms with Crippen molar-refractivity contribution in [2.45, 2.75) is 79.1 Å². The van der Waals surface area contributed by atoms with Crippen molar-refractivity contribution in [1.29, 1.82) is 5.26 Å². The minimum absolute atomic E-state index is 0.272. The molecule has 1 fully saturated rings. The molecule has 1 aliphatic heterocycles. The molecule has 49 heavy (non-hydrogen) atoms. The minimum Gasteiger partial charge on any atom is -0.493 e. The van der Waals surface area contributed by atoms with Crippen molar-refractivity contribution < 1.29 is 14.2 Å². The normalized spacial score (nSPS) is 13.0. The molecule has 8 heteroatoms. The number of rotatable bonds is 18. The summed E-state index contributed by atoms with van der Waals surface area (Å²) >= 11 is 6.81. The Morgan fingerprint density at radius 1 is 0.837 bits per heavy atom. The third kappa shape index (κ3) is 10.2. The molecule has 0 radical (unpaired) electrons. The molecule has 1 aromatic heterocycles. The SMILES string of the molecule is CCCCCNCc1cc(Cl)c(OCc2cccc(-c3cccc(OCCCN4CCCC4)c3C)c2C)cc1OCc1cncc(C#N)c1. The third-order valence-electron chi connectivity index (χ3n) is 9.18. The van der Waals surface area contributed by atoms with Crippen LogP contribution in [0.3, 0.4) is 0 Å². The van der Waals surface area contributed by atoms with Crippen LogP contribution in [0.4, 0.5) is 0 Å². The molecule has 7 nitrogen and oxygen atoms in total. The summed E-state index contributed by atoms with van der Waals surface area (Å²) in [6, 6.07) is 20.4. The van der Waals surface area contributed by atoms with Gasteiger partial charge in [0, 0.05) is 42.7 Å². The van der Waals surface area contributed by atoms with Crippen LogP contribution < -0.4 is 19.5 Å². The van der Waals surface area contributed by atoms with E-state index in [2.05, 4.69) is 78.4 Å². The molecule has 0 aliphatic carbocycles. The van der Waals surface area contributed by atoms with Gasteiger partial charge in [-0.25, -0.2) is 0 Å². The predicted molar refractivity (Wildman–Crippen MR) is 197 cm³/mol. The maximum absolute atomic E-state index is 9.29. The van der Waals surface area contributed by atoms with Crippen LogP contribution in [0, 0.1) is 25.2 Å². The van der Waals surface area contributed by atoms with Crippen molar-refractivity contribution in [2.75, 3.05) is 32.8 Å². The van der Waals surface area contributed by atoms with Crippen LogP contribution >= 0.6 is 11.6 Å². The van der Waals surface area contributed by atoms with E-state index in [1.165, 1.54) is 38.8 Å². The van der Waals surface area contributed by atoms with E-state index in [-0.39, 0.29) is 6.61 Å². The number of benzene rings is 3. The largest absolute Gasteiger partial charge is 0.493 e. The zero-order valence-corrected chi connectivity index (χ0v) is 30.0. The third-order valence-corrected chi connectivity index (χ3v) is 9.48. The van der Waals surface area contributed by atoms with Gasteiger partial charge in [-0.15, -0.1) is 0 Å². The summed E-state index contributed by atoms with van der Waals surface area (Å²) in [6.07, 6.45) is 10.4. The second kappa shape index (κ2) is 18.6. The Labute approximate surface area is 297 Å². The number of hydrogen-bond acceptors (Lipinski definition) is 7. The van der Waals surface area contributed by atoms with Crippen LogP contribution in [-0.4, -0.2) is 42.7 Å². The second-order valence-electron chi connectivity index (χ2n) is 12.8. The molecule has 0 spiro atoms. The van der Waals surface area contributed by atoms with Crippen LogP contribution in [-0.2, 0) is 19.8 Å². The lowest BCUT2D eigenvalue weighted by atomic mass is 9.93. The molecule has 1 saturated heterocycles. The van der Waals surface area contributed by atoms with E-state index in [0.717, 1.165) is 77.2 Å². The first kappa shape index (κ1) is 36.2. The van der Waals surface area contributed by atoms with E-state index in [1.807, 2.05) is 12.1 Å². The molecular weight excluding hydrogens is 632 g/mol. The van der Waals surface area contributed by atoms with Crippen molar-refractivity contribution in [2.24, 2.45) is 0 Å². The maximum atomic E-state index is 9.29. The molecule has 1 aliphatic rings. The molecule has 0 amide bonds. The van der Waals surface area contributed by atoms with E-state index in [1.54, 1.807) is 18.5 Å². The minimum atomic E-state index is 0.272. The van der Waals surface area contributed by atoms with E-state index < -0.39 is 0 Å². The molecule has 1 N–H and O–H groups in total. The van der Waals surface area contributed by atoms with Crippen LogP contribution in [0.15, 0.2) is 67.0 Å². The standard InChI is InChI=1S/C41H49ClN4O3/c1-4-5-6-16-44-27-35-22-38(42)41(23-40(35)48-28-33-21-32(24-43)25-45-26-33)49-29-34-12-9-13-36(30(34)2)37-14-10-15-39(31(37)3)47-20-11-19-46-17-7-8-18-46/h9-10,12-15,21-23,25-26,44H,4-8,11,16-20,27-29H2,1-3H3. The number of nitrogens with zero attached hydrogens (tertiary/aromatic N) is 3. The lowest BCUT2D eigenvalue weighted by Crippen LogP contribution is -2.22. The summed E-state index contributed by atoms with van der Waals surface area (Å²) < 4.78 is 18.9. The molecule has 0 unspecified atom stereocenters.